The van der Waals surface area contributed by atoms with E-state index in [0.29, 0.717) is 17.2 Å². The van der Waals surface area contributed by atoms with Gasteiger partial charge in [-0.05, 0) is 26.0 Å². The first-order chi connectivity index (χ1) is 7.52. The lowest BCUT2D eigenvalue weighted by molar-refractivity contribution is 0.164. The quantitative estimate of drug-likeness (QED) is 0.730. The van der Waals surface area contributed by atoms with Gasteiger partial charge in [0.15, 0.2) is 17.1 Å². The molecule has 0 saturated carbocycles. The van der Waals surface area contributed by atoms with Gasteiger partial charge in [-0.2, -0.15) is 0 Å². The van der Waals surface area contributed by atoms with E-state index in [9.17, 15) is 0 Å². The van der Waals surface area contributed by atoms with Crippen molar-refractivity contribution in [3.05, 3.63) is 18.2 Å². The number of ether oxygens (including phenoxy) is 3. The van der Waals surface area contributed by atoms with Crippen LogP contribution in [-0.4, -0.2) is 19.8 Å². The summed E-state index contributed by atoms with van der Waals surface area (Å²) in [5, 5.41) is 0. The van der Waals surface area contributed by atoms with Gasteiger partial charge < -0.3 is 14.2 Å². The highest BCUT2D eigenvalue weighted by atomic mass is 16.5. The van der Waals surface area contributed by atoms with Gasteiger partial charge in [-0.3, -0.25) is 0 Å². The fourth-order valence-electron chi connectivity index (χ4n) is 1.17. The molecule has 0 aliphatic heterocycles. The second-order valence-corrected chi connectivity index (χ2v) is 3.77. The Morgan fingerprint density at radius 3 is 2.31 bits per heavy atom. The number of terminal acetylenes is 1. The lowest BCUT2D eigenvalue weighted by Gasteiger charge is -2.22. The van der Waals surface area contributed by atoms with Gasteiger partial charge in [0.05, 0.1) is 14.2 Å². The standard InChI is InChI=1S/C13H16O3/c1-6-13(2,3)16-12-9-10(14-4)7-8-11(12)15-5/h1,7-9H,2-5H3. The Balaban J connectivity index is 3.06. The van der Waals surface area contributed by atoms with Gasteiger partial charge in [-0.15, -0.1) is 6.42 Å². The number of rotatable bonds is 4. The Morgan fingerprint density at radius 2 is 1.81 bits per heavy atom. The molecule has 86 valence electrons. The number of hydrogen-bond donors (Lipinski definition) is 0. The Hall–Kier alpha value is -1.82. The number of methoxy groups -OCH3 is 2. The molecule has 0 spiro atoms. The van der Waals surface area contributed by atoms with Crippen LogP contribution in [0.1, 0.15) is 13.8 Å². The summed E-state index contributed by atoms with van der Waals surface area (Å²) in [5.41, 5.74) is -0.681. The van der Waals surface area contributed by atoms with E-state index in [1.165, 1.54) is 0 Å². The van der Waals surface area contributed by atoms with Gasteiger partial charge in [0, 0.05) is 6.07 Å². The number of benzene rings is 1. The first-order valence-electron chi connectivity index (χ1n) is 4.91. The van der Waals surface area contributed by atoms with Crippen LogP contribution in [0.15, 0.2) is 18.2 Å². The normalized spacial score (nSPS) is 10.4. The fraction of sp³-hybridized carbons (Fsp3) is 0.385. The van der Waals surface area contributed by atoms with Crippen molar-refractivity contribution in [3.63, 3.8) is 0 Å². The van der Waals surface area contributed by atoms with E-state index in [0.717, 1.165) is 0 Å². The average molecular weight is 220 g/mol. The first kappa shape index (κ1) is 12.3. The maximum atomic E-state index is 5.67. The summed E-state index contributed by atoms with van der Waals surface area (Å²) in [6, 6.07) is 5.33. The van der Waals surface area contributed by atoms with E-state index in [1.807, 2.05) is 13.8 Å². The van der Waals surface area contributed by atoms with Crippen molar-refractivity contribution in [2.75, 3.05) is 14.2 Å². The minimum Gasteiger partial charge on any atom is -0.497 e. The predicted octanol–water partition coefficient (Wildman–Crippen LogP) is 2.49. The smallest absolute Gasteiger partial charge is 0.167 e. The summed E-state index contributed by atoms with van der Waals surface area (Å²) in [5.74, 6) is 4.46. The molecule has 0 atom stereocenters. The van der Waals surface area contributed by atoms with Crippen molar-refractivity contribution in [2.45, 2.75) is 19.4 Å². The summed E-state index contributed by atoms with van der Waals surface area (Å²) < 4.78 is 16.0. The minimum atomic E-state index is -0.681. The predicted molar refractivity (Wildman–Crippen MR) is 63.1 cm³/mol. The largest absolute Gasteiger partial charge is 0.497 e. The summed E-state index contributed by atoms with van der Waals surface area (Å²) in [6.45, 7) is 3.62. The Kier molecular flexibility index (Phi) is 3.68. The molecule has 1 rings (SSSR count). The van der Waals surface area contributed by atoms with Crippen LogP contribution in [-0.2, 0) is 0 Å². The van der Waals surface area contributed by atoms with Crippen molar-refractivity contribution in [1.29, 1.82) is 0 Å². The lowest BCUT2D eigenvalue weighted by Crippen LogP contribution is -2.25. The van der Waals surface area contributed by atoms with E-state index >= 15 is 0 Å². The van der Waals surface area contributed by atoms with Crippen molar-refractivity contribution < 1.29 is 14.2 Å². The zero-order valence-corrected chi connectivity index (χ0v) is 10.0. The monoisotopic (exact) mass is 220 g/mol. The van der Waals surface area contributed by atoms with Crippen LogP contribution < -0.4 is 14.2 Å². The molecule has 0 heterocycles. The van der Waals surface area contributed by atoms with E-state index in [1.54, 1.807) is 32.4 Å². The zero-order valence-electron chi connectivity index (χ0n) is 10.0. The highest BCUT2D eigenvalue weighted by molar-refractivity contribution is 5.46. The van der Waals surface area contributed by atoms with Crippen molar-refractivity contribution >= 4 is 0 Å². The highest BCUT2D eigenvalue weighted by Gasteiger charge is 2.18. The molecule has 0 N–H and O–H groups in total. The lowest BCUT2D eigenvalue weighted by atomic mass is 10.1. The molecule has 3 heteroatoms. The van der Waals surface area contributed by atoms with Crippen LogP contribution in [0.25, 0.3) is 0 Å². The molecule has 0 bridgehead atoms. The molecule has 0 saturated heterocycles. The molecule has 0 fully saturated rings. The Labute approximate surface area is 96.3 Å². The van der Waals surface area contributed by atoms with Crippen molar-refractivity contribution in [3.8, 4) is 29.6 Å². The third-order valence-corrected chi connectivity index (χ3v) is 2.08. The summed E-state index contributed by atoms with van der Waals surface area (Å²) >= 11 is 0. The van der Waals surface area contributed by atoms with Gasteiger partial charge in [0.2, 0.25) is 0 Å². The molecular formula is C13H16O3. The molecule has 0 amide bonds. The van der Waals surface area contributed by atoms with Gasteiger partial charge in [-0.1, -0.05) is 5.92 Å². The summed E-state index contributed by atoms with van der Waals surface area (Å²) in [7, 11) is 3.18. The molecule has 0 aromatic heterocycles. The molecule has 0 radical (unpaired) electrons. The van der Waals surface area contributed by atoms with Crippen LogP contribution in [0, 0.1) is 12.3 Å². The van der Waals surface area contributed by atoms with Crippen LogP contribution in [0.5, 0.6) is 17.2 Å². The summed E-state index contributed by atoms with van der Waals surface area (Å²) in [4.78, 5) is 0. The highest BCUT2D eigenvalue weighted by Crippen LogP contribution is 2.33. The van der Waals surface area contributed by atoms with Gasteiger partial charge in [0.25, 0.3) is 0 Å². The maximum absolute atomic E-state index is 5.67. The van der Waals surface area contributed by atoms with Crippen molar-refractivity contribution in [2.24, 2.45) is 0 Å². The number of hydrogen-bond acceptors (Lipinski definition) is 3. The molecule has 3 nitrogen and oxygen atoms in total. The Morgan fingerprint density at radius 1 is 1.12 bits per heavy atom. The molecule has 0 aliphatic rings. The fourth-order valence-corrected chi connectivity index (χ4v) is 1.17. The van der Waals surface area contributed by atoms with Crippen LogP contribution in [0.2, 0.25) is 0 Å². The van der Waals surface area contributed by atoms with E-state index in [-0.39, 0.29) is 0 Å². The van der Waals surface area contributed by atoms with Gasteiger partial charge in [-0.25, -0.2) is 0 Å². The van der Waals surface area contributed by atoms with Crippen LogP contribution >= 0.6 is 0 Å². The molecule has 16 heavy (non-hydrogen) atoms. The van der Waals surface area contributed by atoms with Crippen LogP contribution in [0.3, 0.4) is 0 Å². The molecule has 0 unspecified atom stereocenters. The van der Waals surface area contributed by atoms with Crippen LogP contribution in [0.4, 0.5) is 0 Å². The second kappa shape index (κ2) is 4.80. The third-order valence-electron chi connectivity index (χ3n) is 2.08. The van der Waals surface area contributed by atoms with E-state index < -0.39 is 5.60 Å². The topological polar surface area (TPSA) is 27.7 Å². The Bertz CT molecular complexity index is 402. The SMILES string of the molecule is C#CC(C)(C)Oc1cc(OC)ccc1OC. The van der Waals surface area contributed by atoms with Crippen molar-refractivity contribution in [1.82, 2.24) is 0 Å². The van der Waals surface area contributed by atoms with Gasteiger partial charge in [0.1, 0.15) is 5.75 Å². The average Bonchev–Trinajstić information content (AvgIpc) is 2.28. The first-order valence-corrected chi connectivity index (χ1v) is 4.91. The van der Waals surface area contributed by atoms with E-state index in [2.05, 4.69) is 5.92 Å². The molecule has 0 aliphatic carbocycles. The van der Waals surface area contributed by atoms with E-state index in [4.69, 9.17) is 20.6 Å². The molecule has 1 aromatic carbocycles. The summed E-state index contributed by atoms with van der Waals surface area (Å²) in [6.07, 6.45) is 5.37. The third kappa shape index (κ3) is 2.83. The minimum absolute atomic E-state index is 0.574. The second-order valence-electron chi connectivity index (χ2n) is 3.77. The molecular weight excluding hydrogens is 204 g/mol. The molecule has 1 aromatic rings. The maximum Gasteiger partial charge on any atom is 0.167 e. The van der Waals surface area contributed by atoms with Gasteiger partial charge >= 0.3 is 0 Å². The zero-order chi connectivity index (χ0) is 12.2.